The minimum Gasteiger partial charge on any atom is -0.459 e. The Morgan fingerprint density at radius 1 is 1.08 bits per heavy atom. The van der Waals surface area contributed by atoms with E-state index < -0.39 is 40.2 Å². The fourth-order valence-corrected chi connectivity index (χ4v) is 5.14. The zero-order valence-corrected chi connectivity index (χ0v) is 22.8. The predicted octanol–water partition coefficient (Wildman–Crippen LogP) is 4.38. The van der Waals surface area contributed by atoms with Gasteiger partial charge in [-0.2, -0.15) is 4.72 Å². The number of sulfonamides is 1. The molecular formula is C29H28N4O5S. The minimum atomic E-state index is -4.18. The second kappa shape index (κ2) is 10.8. The van der Waals surface area contributed by atoms with Gasteiger partial charge < -0.3 is 4.74 Å². The van der Waals surface area contributed by atoms with Gasteiger partial charge in [0.2, 0.25) is 10.0 Å². The van der Waals surface area contributed by atoms with Crippen LogP contribution in [0.1, 0.15) is 37.5 Å². The number of aliphatic imine (C=N–C) groups is 1. The Morgan fingerprint density at radius 3 is 2.44 bits per heavy atom. The van der Waals surface area contributed by atoms with Gasteiger partial charge in [-0.05, 0) is 57.5 Å². The van der Waals surface area contributed by atoms with Gasteiger partial charge in [0, 0.05) is 5.56 Å². The topological polar surface area (TPSA) is 110 Å². The van der Waals surface area contributed by atoms with Gasteiger partial charge in [-0.15, -0.1) is 0 Å². The first-order valence-corrected chi connectivity index (χ1v) is 13.6. The first-order valence-electron chi connectivity index (χ1n) is 12.2. The van der Waals surface area contributed by atoms with Crippen LogP contribution in [-0.4, -0.2) is 44.3 Å². The SMILES string of the molecule is [C-]#[N+]c1cccc(C2=NC(NS(=O)(=O)c3ccc(C)cc3)C(=O)N(CC(=O)OC(C)(C)C)c3ccccc32)c1. The molecular weight excluding hydrogens is 516 g/mol. The van der Waals surface area contributed by atoms with E-state index in [2.05, 4.69) is 14.6 Å². The van der Waals surface area contributed by atoms with E-state index in [0.717, 1.165) is 5.56 Å². The molecule has 10 heteroatoms. The van der Waals surface area contributed by atoms with Gasteiger partial charge in [0.1, 0.15) is 12.1 Å². The number of aryl methyl sites for hydroxylation is 1. The monoisotopic (exact) mass is 544 g/mol. The summed E-state index contributed by atoms with van der Waals surface area (Å²) in [6.45, 7) is 13.9. The third-order valence-electron chi connectivity index (χ3n) is 5.76. The van der Waals surface area contributed by atoms with E-state index in [4.69, 9.17) is 11.3 Å². The van der Waals surface area contributed by atoms with Crippen LogP contribution in [-0.2, 0) is 24.3 Å². The van der Waals surface area contributed by atoms with Crippen LogP contribution >= 0.6 is 0 Å². The summed E-state index contributed by atoms with van der Waals surface area (Å²) >= 11 is 0. The molecule has 0 saturated carbocycles. The molecule has 39 heavy (non-hydrogen) atoms. The van der Waals surface area contributed by atoms with Crippen LogP contribution in [0.5, 0.6) is 0 Å². The normalized spacial score (nSPS) is 15.6. The maximum Gasteiger partial charge on any atom is 0.326 e. The lowest BCUT2D eigenvalue weighted by molar-refractivity contribution is -0.153. The molecule has 200 valence electrons. The van der Waals surface area contributed by atoms with Gasteiger partial charge in [-0.3, -0.25) is 19.5 Å². The van der Waals surface area contributed by atoms with Crippen molar-refractivity contribution in [1.82, 2.24) is 4.72 Å². The van der Waals surface area contributed by atoms with Gasteiger partial charge in [-0.1, -0.05) is 54.1 Å². The van der Waals surface area contributed by atoms with Gasteiger partial charge in [0.05, 0.1) is 22.9 Å². The Bertz CT molecular complexity index is 1600. The molecule has 0 spiro atoms. The van der Waals surface area contributed by atoms with Crippen molar-refractivity contribution in [2.75, 3.05) is 11.4 Å². The van der Waals surface area contributed by atoms with Crippen LogP contribution in [0.2, 0.25) is 0 Å². The Kier molecular flexibility index (Phi) is 7.67. The van der Waals surface area contributed by atoms with Crippen molar-refractivity contribution in [2.24, 2.45) is 4.99 Å². The quantitative estimate of drug-likeness (QED) is 0.366. The first-order chi connectivity index (χ1) is 18.4. The highest BCUT2D eigenvalue weighted by Gasteiger charge is 2.36. The second-order valence-corrected chi connectivity index (χ2v) is 11.7. The molecule has 0 saturated heterocycles. The molecule has 0 fully saturated rings. The fraction of sp³-hybridized carbons (Fsp3) is 0.241. The standard InChI is InChI=1S/C29H28N4O5S/c1-19-13-15-22(16-14-19)39(36,37)32-27-28(35)33(18-25(34)38-29(2,3)4)24-12-7-6-11-23(24)26(31-27)20-9-8-10-21(17-20)30-5/h6-17,27,32H,18H2,1-4H3. The Balaban J connectivity index is 1.86. The van der Waals surface area contributed by atoms with Crippen molar-refractivity contribution < 1.29 is 22.7 Å². The maximum atomic E-state index is 13.9. The summed E-state index contributed by atoms with van der Waals surface area (Å²) in [5, 5.41) is 0. The number of fused-ring (bicyclic) bond motifs is 1. The summed E-state index contributed by atoms with van der Waals surface area (Å²) in [6, 6.07) is 19.7. The smallest absolute Gasteiger partial charge is 0.326 e. The largest absolute Gasteiger partial charge is 0.459 e. The van der Waals surface area contributed by atoms with Crippen molar-refractivity contribution in [2.45, 2.75) is 44.4 Å². The molecule has 4 rings (SSSR count). The third-order valence-corrected chi connectivity index (χ3v) is 7.19. The number of ether oxygens (including phenoxy) is 1. The molecule has 3 aromatic carbocycles. The van der Waals surface area contributed by atoms with E-state index in [-0.39, 0.29) is 4.90 Å². The minimum absolute atomic E-state index is 0.0342. The number of nitrogens with zero attached hydrogens (tertiary/aromatic N) is 3. The zero-order chi connectivity index (χ0) is 28.4. The van der Waals surface area contributed by atoms with Crippen molar-refractivity contribution in [3.05, 3.63) is 101 Å². The van der Waals surface area contributed by atoms with Crippen molar-refractivity contribution in [3.8, 4) is 0 Å². The number of benzodiazepines with no additional fused rings is 1. The molecule has 1 heterocycles. The highest BCUT2D eigenvalue weighted by Crippen LogP contribution is 2.30. The molecule has 1 atom stereocenters. The average Bonchev–Trinajstić information content (AvgIpc) is 2.98. The van der Waals surface area contributed by atoms with Crippen LogP contribution in [0.4, 0.5) is 11.4 Å². The highest BCUT2D eigenvalue weighted by molar-refractivity contribution is 7.89. The van der Waals surface area contributed by atoms with Gasteiger partial charge >= 0.3 is 5.97 Å². The summed E-state index contributed by atoms with van der Waals surface area (Å²) in [5.74, 6) is -1.41. The van der Waals surface area contributed by atoms with Crippen LogP contribution in [0, 0.1) is 13.5 Å². The number of anilines is 1. The molecule has 0 aliphatic carbocycles. The number of rotatable bonds is 6. The van der Waals surface area contributed by atoms with Gasteiger partial charge in [0.25, 0.3) is 5.91 Å². The van der Waals surface area contributed by atoms with Crippen LogP contribution in [0.25, 0.3) is 4.85 Å². The molecule has 0 radical (unpaired) electrons. The molecule has 1 amide bonds. The van der Waals surface area contributed by atoms with E-state index in [1.54, 1.807) is 81.4 Å². The number of nitrogens with one attached hydrogen (secondary N) is 1. The van der Waals surface area contributed by atoms with Crippen LogP contribution in [0.15, 0.2) is 82.7 Å². The molecule has 9 nitrogen and oxygen atoms in total. The lowest BCUT2D eigenvalue weighted by Gasteiger charge is -2.27. The van der Waals surface area contributed by atoms with E-state index in [1.807, 2.05) is 6.92 Å². The summed E-state index contributed by atoms with van der Waals surface area (Å²) in [5.41, 5.74) is 2.10. The third kappa shape index (κ3) is 6.39. The number of carbonyl (C=O) groups excluding carboxylic acids is 2. The van der Waals surface area contributed by atoms with Crippen LogP contribution < -0.4 is 9.62 Å². The lowest BCUT2D eigenvalue weighted by Crippen LogP contribution is -2.49. The summed E-state index contributed by atoms with van der Waals surface area (Å²) in [6.07, 6.45) is -1.60. The van der Waals surface area contributed by atoms with Crippen LogP contribution in [0.3, 0.4) is 0 Å². The van der Waals surface area contributed by atoms with E-state index in [1.165, 1.54) is 17.0 Å². The fourth-order valence-electron chi connectivity index (χ4n) is 4.06. The molecule has 1 aliphatic heterocycles. The van der Waals surface area contributed by atoms with Gasteiger partial charge in [-0.25, -0.2) is 13.3 Å². The summed E-state index contributed by atoms with van der Waals surface area (Å²) in [7, 11) is -4.18. The van der Waals surface area contributed by atoms with E-state index >= 15 is 0 Å². The highest BCUT2D eigenvalue weighted by atomic mass is 32.2. The average molecular weight is 545 g/mol. The predicted molar refractivity (Wildman–Crippen MR) is 148 cm³/mol. The number of amides is 1. The second-order valence-electron chi connectivity index (χ2n) is 10.0. The maximum absolute atomic E-state index is 13.9. The Labute approximate surface area is 228 Å². The number of hydrogen-bond acceptors (Lipinski definition) is 6. The molecule has 0 bridgehead atoms. The van der Waals surface area contributed by atoms with Crippen molar-refractivity contribution >= 4 is 39.0 Å². The Hall–Kier alpha value is -4.33. The van der Waals surface area contributed by atoms with E-state index in [9.17, 15) is 18.0 Å². The number of carbonyl (C=O) groups is 2. The summed E-state index contributed by atoms with van der Waals surface area (Å²) in [4.78, 5) is 36.0. The summed E-state index contributed by atoms with van der Waals surface area (Å²) < 4.78 is 34.5. The molecule has 3 aromatic rings. The number of benzene rings is 3. The number of hydrogen-bond donors (Lipinski definition) is 1. The molecule has 1 aliphatic rings. The Morgan fingerprint density at radius 2 is 1.77 bits per heavy atom. The molecule has 1 N–H and O–H groups in total. The van der Waals surface area contributed by atoms with Gasteiger partial charge in [0.15, 0.2) is 11.9 Å². The van der Waals surface area contributed by atoms with Crippen molar-refractivity contribution in [3.63, 3.8) is 0 Å². The molecule has 0 aromatic heterocycles. The first kappa shape index (κ1) is 27.7. The number of esters is 1. The zero-order valence-electron chi connectivity index (χ0n) is 22.0. The lowest BCUT2D eigenvalue weighted by atomic mass is 10.00. The number of para-hydroxylation sites is 1. The van der Waals surface area contributed by atoms with E-state index in [0.29, 0.717) is 28.2 Å². The molecule has 1 unspecified atom stereocenters. The van der Waals surface area contributed by atoms with Crippen molar-refractivity contribution in [1.29, 1.82) is 0 Å².